The molecule has 2 rings (SSSR count). The molecule has 0 saturated carbocycles. The van der Waals surface area contributed by atoms with Gasteiger partial charge in [-0.3, -0.25) is 0 Å². The molecule has 1 saturated heterocycles. The maximum Gasteiger partial charge on any atom is 0.177 e. The molecule has 1 aliphatic heterocycles. The summed E-state index contributed by atoms with van der Waals surface area (Å²) in [6, 6.07) is 0.484. The van der Waals surface area contributed by atoms with E-state index in [0.29, 0.717) is 6.04 Å². The quantitative estimate of drug-likeness (QED) is 0.725. The maximum absolute atomic E-state index is 5.68. The van der Waals surface area contributed by atoms with Crippen LogP contribution in [0.3, 0.4) is 0 Å². The van der Waals surface area contributed by atoms with Crippen LogP contribution in [0.15, 0.2) is 12.4 Å². The Morgan fingerprint density at radius 2 is 2.43 bits per heavy atom. The van der Waals surface area contributed by atoms with Crippen molar-refractivity contribution in [3.63, 3.8) is 0 Å². The molecular formula is C10H16N2OS. The molecule has 78 valence electrons. The highest BCUT2D eigenvalue weighted by molar-refractivity contribution is 7.71. The largest absolute Gasteiger partial charge is 0.375 e. The van der Waals surface area contributed by atoms with Crippen LogP contribution in [0.25, 0.3) is 0 Å². The van der Waals surface area contributed by atoms with Crippen LogP contribution in [0, 0.1) is 4.77 Å². The first-order chi connectivity index (χ1) is 6.58. The molecule has 1 N–H and O–H groups in total. The summed E-state index contributed by atoms with van der Waals surface area (Å²) >= 11 is 5.21. The number of hydrogen-bond acceptors (Lipinski definition) is 2. The SMILES string of the molecule is CC1(C)CC(n2cc[nH]c2=S)CCO1. The molecule has 0 bridgehead atoms. The molecule has 1 aliphatic rings. The lowest BCUT2D eigenvalue weighted by Gasteiger charge is -2.35. The Morgan fingerprint density at radius 3 is 3.00 bits per heavy atom. The Morgan fingerprint density at radius 1 is 1.64 bits per heavy atom. The molecule has 2 heterocycles. The third-order valence-corrected chi connectivity index (χ3v) is 3.07. The molecule has 1 aromatic heterocycles. The average molecular weight is 212 g/mol. The molecule has 3 nitrogen and oxygen atoms in total. The smallest absolute Gasteiger partial charge is 0.177 e. The van der Waals surface area contributed by atoms with Crippen molar-refractivity contribution in [1.82, 2.24) is 9.55 Å². The number of rotatable bonds is 1. The summed E-state index contributed by atoms with van der Waals surface area (Å²) in [5, 5.41) is 0. The second kappa shape index (κ2) is 3.51. The molecule has 1 fully saturated rings. The van der Waals surface area contributed by atoms with E-state index in [1.54, 1.807) is 0 Å². The number of H-pyrrole nitrogens is 1. The van der Waals surface area contributed by atoms with Crippen molar-refractivity contribution in [2.75, 3.05) is 6.61 Å². The number of ether oxygens (including phenoxy) is 1. The summed E-state index contributed by atoms with van der Waals surface area (Å²) in [5.41, 5.74) is -0.0189. The highest BCUT2D eigenvalue weighted by Gasteiger charge is 2.29. The van der Waals surface area contributed by atoms with Crippen molar-refractivity contribution < 1.29 is 4.74 Å². The van der Waals surface area contributed by atoms with Crippen LogP contribution in [0.4, 0.5) is 0 Å². The van der Waals surface area contributed by atoms with Crippen molar-refractivity contribution in [2.45, 2.75) is 38.3 Å². The van der Waals surface area contributed by atoms with Gasteiger partial charge in [0.15, 0.2) is 4.77 Å². The highest BCUT2D eigenvalue weighted by Crippen LogP contribution is 2.31. The standard InChI is InChI=1S/C10H16N2OS/c1-10(2)7-8(3-6-13-10)12-5-4-11-9(12)14/h4-5,8H,3,6-7H2,1-2H3,(H,11,14). The molecule has 0 amide bonds. The van der Waals surface area contributed by atoms with E-state index in [1.165, 1.54) is 0 Å². The second-order valence-corrected chi connectivity index (χ2v) is 4.81. The maximum atomic E-state index is 5.68. The molecule has 0 radical (unpaired) electrons. The molecule has 1 atom stereocenters. The lowest BCUT2D eigenvalue weighted by atomic mass is 9.94. The number of hydrogen-bond donors (Lipinski definition) is 1. The van der Waals surface area contributed by atoms with Gasteiger partial charge in [-0.15, -0.1) is 0 Å². The minimum Gasteiger partial charge on any atom is -0.375 e. The Bertz CT molecular complexity index is 366. The van der Waals surface area contributed by atoms with E-state index in [9.17, 15) is 0 Å². The third-order valence-electron chi connectivity index (χ3n) is 2.74. The van der Waals surface area contributed by atoms with Crippen molar-refractivity contribution in [3.05, 3.63) is 17.2 Å². The van der Waals surface area contributed by atoms with E-state index in [4.69, 9.17) is 17.0 Å². The van der Waals surface area contributed by atoms with Crippen LogP contribution < -0.4 is 0 Å². The van der Waals surface area contributed by atoms with Gasteiger partial charge in [-0.25, -0.2) is 0 Å². The van der Waals surface area contributed by atoms with Gasteiger partial charge < -0.3 is 14.3 Å². The van der Waals surface area contributed by atoms with Crippen LogP contribution in [0.1, 0.15) is 32.7 Å². The van der Waals surface area contributed by atoms with Crippen LogP contribution >= 0.6 is 12.2 Å². The number of aromatic amines is 1. The van der Waals surface area contributed by atoms with Gasteiger partial charge in [0.1, 0.15) is 0 Å². The molecule has 1 unspecified atom stereocenters. The molecule has 14 heavy (non-hydrogen) atoms. The van der Waals surface area contributed by atoms with E-state index in [0.717, 1.165) is 24.2 Å². The summed E-state index contributed by atoms with van der Waals surface area (Å²) in [6.45, 7) is 5.09. The molecule has 4 heteroatoms. The van der Waals surface area contributed by atoms with Gasteiger partial charge in [0.25, 0.3) is 0 Å². The van der Waals surface area contributed by atoms with E-state index >= 15 is 0 Å². The highest BCUT2D eigenvalue weighted by atomic mass is 32.1. The third kappa shape index (κ3) is 1.91. The summed E-state index contributed by atoms with van der Waals surface area (Å²) in [7, 11) is 0. The number of nitrogens with one attached hydrogen (secondary N) is 1. The molecule has 1 aromatic rings. The zero-order chi connectivity index (χ0) is 10.2. The average Bonchev–Trinajstić information content (AvgIpc) is 2.49. The first-order valence-electron chi connectivity index (χ1n) is 4.98. The second-order valence-electron chi connectivity index (χ2n) is 4.43. The Balaban J connectivity index is 2.20. The minimum absolute atomic E-state index is 0.0189. The van der Waals surface area contributed by atoms with Crippen molar-refractivity contribution in [3.8, 4) is 0 Å². The topological polar surface area (TPSA) is 29.9 Å². The van der Waals surface area contributed by atoms with Crippen molar-refractivity contribution in [1.29, 1.82) is 0 Å². The summed E-state index contributed by atoms with van der Waals surface area (Å²) < 4.78 is 8.63. The van der Waals surface area contributed by atoms with E-state index in [1.807, 2.05) is 12.4 Å². The lowest BCUT2D eigenvalue weighted by molar-refractivity contribution is -0.0692. The fourth-order valence-corrected chi connectivity index (χ4v) is 2.33. The molecule has 0 spiro atoms. The Labute approximate surface area is 89.1 Å². The Hall–Kier alpha value is -0.610. The molecule has 0 aliphatic carbocycles. The Kier molecular flexibility index (Phi) is 2.49. The summed E-state index contributed by atoms with van der Waals surface area (Å²) in [4.78, 5) is 3.03. The minimum atomic E-state index is -0.0189. The molecule has 0 aromatic carbocycles. The zero-order valence-corrected chi connectivity index (χ0v) is 9.43. The van der Waals surface area contributed by atoms with Crippen molar-refractivity contribution >= 4 is 12.2 Å². The first-order valence-corrected chi connectivity index (χ1v) is 5.39. The van der Waals surface area contributed by atoms with E-state index in [-0.39, 0.29) is 5.60 Å². The van der Waals surface area contributed by atoms with Crippen molar-refractivity contribution in [2.24, 2.45) is 0 Å². The van der Waals surface area contributed by atoms with Gasteiger partial charge in [-0.05, 0) is 38.9 Å². The van der Waals surface area contributed by atoms with Gasteiger partial charge in [-0.1, -0.05) is 0 Å². The zero-order valence-electron chi connectivity index (χ0n) is 8.62. The van der Waals surface area contributed by atoms with Gasteiger partial charge in [0, 0.05) is 25.0 Å². The van der Waals surface area contributed by atoms with Crippen LogP contribution in [0.2, 0.25) is 0 Å². The van der Waals surface area contributed by atoms with Crippen LogP contribution in [-0.4, -0.2) is 21.8 Å². The van der Waals surface area contributed by atoms with Gasteiger partial charge >= 0.3 is 0 Å². The molecular weight excluding hydrogens is 196 g/mol. The number of imidazole rings is 1. The van der Waals surface area contributed by atoms with E-state index < -0.39 is 0 Å². The first kappa shape index (κ1) is 9.93. The van der Waals surface area contributed by atoms with Gasteiger partial charge in [0.05, 0.1) is 5.60 Å². The van der Waals surface area contributed by atoms with Crippen LogP contribution in [-0.2, 0) is 4.74 Å². The van der Waals surface area contributed by atoms with Gasteiger partial charge in [-0.2, -0.15) is 0 Å². The lowest BCUT2D eigenvalue weighted by Crippen LogP contribution is -2.34. The number of aromatic nitrogens is 2. The summed E-state index contributed by atoms with van der Waals surface area (Å²) in [6.07, 6.45) is 5.99. The summed E-state index contributed by atoms with van der Waals surface area (Å²) in [5.74, 6) is 0. The van der Waals surface area contributed by atoms with Gasteiger partial charge in [0.2, 0.25) is 0 Å². The fraction of sp³-hybridized carbons (Fsp3) is 0.700. The fourth-order valence-electron chi connectivity index (χ4n) is 2.06. The van der Waals surface area contributed by atoms with E-state index in [2.05, 4.69) is 23.4 Å². The monoisotopic (exact) mass is 212 g/mol. The normalized spacial score (nSPS) is 26.3. The number of nitrogens with zero attached hydrogens (tertiary/aromatic N) is 1. The predicted octanol–water partition coefficient (Wildman–Crippen LogP) is 2.68. The predicted molar refractivity (Wildman–Crippen MR) is 57.9 cm³/mol. The van der Waals surface area contributed by atoms with Crippen LogP contribution in [0.5, 0.6) is 0 Å².